The maximum atomic E-state index is 6.35. The topological polar surface area (TPSA) is 43.8 Å². The molecular weight excluding hydrogens is 270 g/mol. The molecule has 0 atom stereocenters. The standard InChI is InChI=1S/C16H20ClN3/c1-2-3-10-20-15(18)14(19-16(20)12-4-5-12)11-6-8-13(17)9-7-11/h6-9,12H,2-5,10,18H2,1H3. The Bertz CT molecular complexity index is 597. The number of unbranched alkanes of at least 4 members (excludes halogenated alkanes) is 1. The minimum atomic E-state index is 0.607. The summed E-state index contributed by atoms with van der Waals surface area (Å²) >= 11 is 5.95. The fraction of sp³-hybridized carbons (Fsp3) is 0.438. The minimum absolute atomic E-state index is 0.607. The zero-order valence-electron chi connectivity index (χ0n) is 11.8. The van der Waals surface area contributed by atoms with Crippen LogP contribution < -0.4 is 5.73 Å². The quantitative estimate of drug-likeness (QED) is 0.883. The van der Waals surface area contributed by atoms with E-state index in [1.807, 2.05) is 24.3 Å². The van der Waals surface area contributed by atoms with Crippen LogP contribution in [-0.4, -0.2) is 9.55 Å². The minimum Gasteiger partial charge on any atom is -0.383 e. The summed E-state index contributed by atoms with van der Waals surface area (Å²) in [6.45, 7) is 3.17. The Morgan fingerprint density at radius 3 is 2.60 bits per heavy atom. The van der Waals surface area contributed by atoms with Crippen molar-refractivity contribution in [3.63, 3.8) is 0 Å². The molecule has 0 bridgehead atoms. The van der Waals surface area contributed by atoms with Gasteiger partial charge in [-0.25, -0.2) is 4.98 Å². The third-order valence-electron chi connectivity index (χ3n) is 3.83. The molecule has 2 aromatic rings. The van der Waals surface area contributed by atoms with Crippen LogP contribution in [0.5, 0.6) is 0 Å². The SMILES string of the molecule is CCCCn1c(C2CC2)nc(-c2ccc(Cl)cc2)c1N. The molecule has 3 rings (SSSR count). The van der Waals surface area contributed by atoms with Gasteiger partial charge in [-0.3, -0.25) is 0 Å². The van der Waals surface area contributed by atoms with E-state index in [1.165, 1.54) is 18.7 Å². The van der Waals surface area contributed by atoms with Crippen LogP contribution in [0.1, 0.15) is 44.3 Å². The van der Waals surface area contributed by atoms with Crippen molar-refractivity contribution in [1.82, 2.24) is 9.55 Å². The average molecular weight is 290 g/mol. The summed E-state index contributed by atoms with van der Waals surface area (Å²) in [6.07, 6.45) is 4.78. The Morgan fingerprint density at radius 1 is 1.30 bits per heavy atom. The number of nitrogens with zero attached hydrogens (tertiary/aromatic N) is 2. The summed E-state index contributed by atoms with van der Waals surface area (Å²) in [5, 5.41) is 0.736. The van der Waals surface area contributed by atoms with E-state index >= 15 is 0 Å². The van der Waals surface area contributed by atoms with E-state index in [0.717, 1.165) is 41.5 Å². The summed E-state index contributed by atoms with van der Waals surface area (Å²) in [5.74, 6) is 2.57. The Morgan fingerprint density at radius 2 is 2.00 bits per heavy atom. The smallest absolute Gasteiger partial charge is 0.131 e. The van der Waals surface area contributed by atoms with Gasteiger partial charge < -0.3 is 10.3 Å². The van der Waals surface area contributed by atoms with Crippen molar-refractivity contribution >= 4 is 17.4 Å². The lowest BCUT2D eigenvalue weighted by Gasteiger charge is -2.08. The maximum absolute atomic E-state index is 6.35. The molecule has 0 unspecified atom stereocenters. The van der Waals surface area contributed by atoms with Gasteiger partial charge in [-0.2, -0.15) is 0 Å². The molecule has 20 heavy (non-hydrogen) atoms. The van der Waals surface area contributed by atoms with Gasteiger partial charge in [0.1, 0.15) is 17.3 Å². The molecule has 1 aromatic carbocycles. The molecule has 1 aromatic heterocycles. The van der Waals surface area contributed by atoms with Crippen LogP contribution in [0, 0.1) is 0 Å². The van der Waals surface area contributed by atoms with Crippen LogP contribution in [0.15, 0.2) is 24.3 Å². The number of imidazole rings is 1. The van der Waals surface area contributed by atoms with Gasteiger partial charge in [0.25, 0.3) is 0 Å². The Hall–Kier alpha value is -1.48. The molecule has 3 nitrogen and oxygen atoms in total. The van der Waals surface area contributed by atoms with Gasteiger partial charge in [0.05, 0.1) is 0 Å². The first kappa shape index (κ1) is 13.5. The Balaban J connectivity index is 2.00. The van der Waals surface area contributed by atoms with Crippen LogP contribution in [0.2, 0.25) is 5.02 Å². The first-order valence-corrected chi connectivity index (χ1v) is 7.70. The van der Waals surface area contributed by atoms with E-state index in [0.29, 0.717) is 5.92 Å². The van der Waals surface area contributed by atoms with Crippen molar-refractivity contribution in [2.45, 2.75) is 45.1 Å². The largest absolute Gasteiger partial charge is 0.383 e. The molecule has 4 heteroatoms. The zero-order valence-corrected chi connectivity index (χ0v) is 12.5. The first-order valence-electron chi connectivity index (χ1n) is 7.32. The molecule has 0 saturated heterocycles. The normalized spacial score (nSPS) is 14.7. The predicted octanol–water partition coefficient (Wildman–Crippen LogP) is 4.46. The highest BCUT2D eigenvalue weighted by Gasteiger charge is 2.30. The second-order valence-corrected chi connectivity index (χ2v) is 5.93. The van der Waals surface area contributed by atoms with E-state index in [-0.39, 0.29) is 0 Å². The monoisotopic (exact) mass is 289 g/mol. The third kappa shape index (κ3) is 2.55. The lowest BCUT2D eigenvalue weighted by molar-refractivity contribution is 0.609. The Labute approximate surface area is 124 Å². The van der Waals surface area contributed by atoms with Crippen LogP contribution in [0.3, 0.4) is 0 Å². The van der Waals surface area contributed by atoms with Gasteiger partial charge in [-0.15, -0.1) is 0 Å². The second-order valence-electron chi connectivity index (χ2n) is 5.49. The summed E-state index contributed by atoms with van der Waals surface area (Å²) in [5.41, 5.74) is 8.30. The highest BCUT2D eigenvalue weighted by Crippen LogP contribution is 2.42. The highest BCUT2D eigenvalue weighted by molar-refractivity contribution is 6.30. The van der Waals surface area contributed by atoms with Gasteiger partial charge in [-0.1, -0.05) is 37.1 Å². The molecule has 1 fully saturated rings. The van der Waals surface area contributed by atoms with Crippen LogP contribution in [0.4, 0.5) is 5.82 Å². The second kappa shape index (κ2) is 5.49. The number of hydrogen-bond donors (Lipinski definition) is 1. The van der Waals surface area contributed by atoms with Gasteiger partial charge in [0.2, 0.25) is 0 Å². The predicted molar refractivity (Wildman–Crippen MR) is 84.0 cm³/mol. The molecule has 0 amide bonds. The average Bonchev–Trinajstić information content (AvgIpc) is 3.23. The maximum Gasteiger partial charge on any atom is 0.131 e. The lowest BCUT2D eigenvalue weighted by Crippen LogP contribution is -2.06. The van der Waals surface area contributed by atoms with E-state index in [1.54, 1.807) is 0 Å². The molecular formula is C16H20ClN3. The van der Waals surface area contributed by atoms with Crippen LogP contribution >= 0.6 is 11.6 Å². The van der Waals surface area contributed by atoms with Crippen molar-refractivity contribution in [3.05, 3.63) is 35.1 Å². The number of nitrogens with two attached hydrogens (primary N) is 1. The summed E-state index contributed by atoms with van der Waals surface area (Å²) in [7, 11) is 0. The van der Waals surface area contributed by atoms with Crippen LogP contribution in [0.25, 0.3) is 11.3 Å². The number of aromatic nitrogens is 2. The van der Waals surface area contributed by atoms with Gasteiger partial charge in [0, 0.05) is 23.0 Å². The van der Waals surface area contributed by atoms with Crippen LogP contribution in [-0.2, 0) is 6.54 Å². The van der Waals surface area contributed by atoms with E-state index < -0.39 is 0 Å². The Kier molecular flexibility index (Phi) is 3.70. The van der Waals surface area contributed by atoms with Gasteiger partial charge in [-0.05, 0) is 31.4 Å². The molecule has 0 aliphatic heterocycles. The van der Waals surface area contributed by atoms with E-state index in [9.17, 15) is 0 Å². The number of rotatable bonds is 5. The van der Waals surface area contributed by atoms with E-state index in [4.69, 9.17) is 22.3 Å². The number of nitrogen functional groups attached to an aromatic ring is 1. The number of hydrogen-bond acceptors (Lipinski definition) is 2. The fourth-order valence-corrected chi connectivity index (χ4v) is 2.63. The lowest BCUT2D eigenvalue weighted by atomic mass is 10.1. The molecule has 106 valence electrons. The van der Waals surface area contributed by atoms with E-state index in [2.05, 4.69) is 11.5 Å². The molecule has 0 radical (unpaired) electrons. The van der Waals surface area contributed by atoms with Crippen molar-refractivity contribution in [3.8, 4) is 11.3 Å². The number of benzene rings is 1. The summed E-state index contributed by atoms with van der Waals surface area (Å²) < 4.78 is 2.21. The van der Waals surface area contributed by atoms with Gasteiger partial charge >= 0.3 is 0 Å². The van der Waals surface area contributed by atoms with Crippen molar-refractivity contribution in [1.29, 1.82) is 0 Å². The molecule has 0 spiro atoms. The molecule has 2 N–H and O–H groups in total. The first-order chi connectivity index (χ1) is 9.70. The fourth-order valence-electron chi connectivity index (χ4n) is 2.51. The molecule has 1 aliphatic carbocycles. The third-order valence-corrected chi connectivity index (χ3v) is 4.08. The number of anilines is 1. The molecule has 1 aliphatic rings. The number of halogens is 1. The van der Waals surface area contributed by atoms with Crippen molar-refractivity contribution in [2.24, 2.45) is 0 Å². The van der Waals surface area contributed by atoms with Crippen molar-refractivity contribution < 1.29 is 0 Å². The summed E-state index contributed by atoms with van der Waals surface area (Å²) in [6, 6.07) is 7.75. The van der Waals surface area contributed by atoms with Gasteiger partial charge in [0.15, 0.2) is 0 Å². The zero-order chi connectivity index (χ0) is 14.1. The summed E-state index contributed by atoms with van der Waals surface area (Å²) in [4.78, 5) is 4.82. The van der Waals surface area contributed by atoms with Crippen molar-refractivity contribution in [2.75, 3.05) is 5.73 Å². The highest BCUT2D eigenvalue weighted by atomic mass is 35.5. The molecule has 1 heterocycles. The molecule has 1 saturated carbocycles.